The largest absolute Gasteiger partial charge is 0.394 e. The van der Waals surface area contributed by atoms with Crippen molar-refractivity contribution in [3.8, 4) is 0 Å². The number of aliphatic hydroxyl groups is 3. The van der Waals surface area contributed by atoms with Crippen LogP contribution in [-0.2, 0) is 4.74 Å². The molecule has 0 bridgehead atoms. The summed E-state index contributed by atoms with van der Waals surface area (Å²) in [5.41, 5.74) is 0. The van der Waals surface area contributed by atoms with Gasteiger partial charge in [-0.3, -0.25) is 0 Å². The van der Waals surface area contributed by atoms with E-state index in [1.165, 1.54) is 0 Å². The van der Waals surface area contributed by atoms with Crippen molar-refractivity contribution in [1.82, 2.24) is 5.32 Å². The van der Waals surface area contributed by atoms with E-state index in [1.807, 2.05) is 0 Å². The average molecular weight is 202 g/mol. The minimum absolute atomic E-state index is 0.323. The average Bonchev–Trinajstić information content (AvgIpc) is 2.52. The molecule has 6 nitrogen and oxygen atoms in total. The SMILES string of the molecule is CC1=N[C@H]2O[C@H](CO)[C@@H](O)[C@H](O)[C@H]2N1. The van der Waals surface area contributed by atoms with Crippen LogP contribution in [-0.4, -0.2) is 58.3 Å². The summed E-state index contributed by atoms with van der Waals surface area (Å²) < 4.78 is 5.30. The standard InChI is InChI=1S/C8H14N2O4/c1-3-9-5-7(13)6(12)4(2-11)14-8(5)10-3/h4-8,11-13H,2H2,1H3,(H,9,10)/t4-,5-,6-,7-,8+/m1/s1. The van der Waals surface area contributed by atoms with Gasteiger partial charge in [-0.1, -0.05) is 0 Å². The Kier molecular flexibility index (Phi) is 2.44. The summed E-state index contributed by atoms with van der Waals surface area (Å²) in [6, 6.07) is -0.409. The van der Waals surface area contributed by atoms with Crippen molar-refractivity contribution in [2.75, 3.05) is 6.61 Å². The van der Waals surface area contributed by atoms with E-state index in [0.29, 0.717) is 5.84 Å². The summed E-state index contributed by atoms with van der Waals surface area (Å²) in [5, 5.41) is 31.0. The minimum atomic E-state index is -1.07. The number of amidine groups is 1. The van der Waals surface area contributed by atoms with Gasteiger partial charge in [0.2, 0.25) is 0 Å². The summed E-state index contributed by atoms with van der Waals surface area (Å²) in [6.07, 6.45) is -3.31. The summed E-state index contributed by atoms with van der Waals surface area (Å²) >= 11 is 0. The molecule has 2 heterocycles. The highest BCUT2D eigenvalue weighted by Gasteiger charge is 2.46. The summed E-state index contributed by atoms with van der Waals surface area (Å²) in [6.45, 7) is 1.44. The molecule has 5 atom stereocenters. The Morgan fingerprint density at radius 1 is 1.43 bits per heavy atom. The number of aliphatic hydroxyl groups excluding tert-OH is 3. The molecule has 0 radical (unpaired) electrons. The lowest BCUT2D eigenvalue weighted by molar-refractivity contribution is -0.185. The quantitative estimate of drug-likeness (QED) is 0.388. The maximum atomic E-state index is 9.69. The normalized spacial score (nSPS) is 46.9. The van der Waals surface area contributed by atoms with Crippen LogP contribution >= 0.6 is 0 Å². The van der Waals surface area contributed by atoms with Gasteiger partial charge in [0, 0.05) is 0 Å². The predicted molar refractivity (Wildman–Crippen MR) is 47.8 cm³/mol. The molecule has 14 heavy (non-hydrogen) atoms. The van der Waals surface area contributed by atoms with Crippen LogP contribution in [0.2, 0.25) is 0 Å². The van der Waals surface area contributed by atoms with Crippen molar-refractivity contribution in [2.24, 2.45) is 4.99 Å². The first kappa shape index (κ1) is 9.85. The molecule has 0 aromatic rings. The number of hydrogen-bond acceptors (Lipinski definition) is 6. The van der Waals surface area contributed by atoms with Crippen LogP contribution in [0.15, 0.2) is 4.99 Å². The first-order valence-electron chi connectivity index (χ1n) is 4.57. The van der Waals surface area contributed by atoms with Gasteiger partial charge in [0.05, 0.1) is 12.4 Å². The zero-order valence-electron chi connectivity index (χ0n) is 7.79. The first-order chi connectivity index (χ1) is 6.63. The smallest absolute Gasteiger partial charge is 0.173 e. The minimum Gasteiger partial charge on any atom is -0.394 e. The van der Waals surface area contributed by atoms with Crippen LogP contribution in [0.5, 0.6) is 0 Å². The van der Waals surface area contributed by atoms with Crippen molar-refractivity contribution in [3.63, 3.8) is 0 Å². The molecule has 2 rings (SSSR count). The van der Waals surface area contributed by atoms with E-state index in [0.717, 1.165) is 0 Å². The maximum absolute atomic E-state index is 9.69. The maximum Gasteiger partial charge on any atom is 0.173 e. The van der Waals surface area contributed by atoms with Gasteiger partial charge in [-0.05, 0) is 6.92 Å². The summed E-state index contributed by atoms with van der Waals surface area (Å²) in [4.78, 5) is 4.09. The molecule has 0 aromatic heterocycles. The second-order valence-electron chi connectivity index (χ2n) is 3.61. The number of nitrogens with zero attached hydrogens (tertiary/aromatic N) is 1. The van der Waals surface area contributed by atoms with Crippen molar-refractivity contribution >= 4 is 5.84 Å². The fourth-order valence-corrected chi connectivity index (χ4v) is 1.83. The third-order valence-corrected chi connectivity index (χ3v) is 2.60. The number of aliphatic imine (C=N–C) groups is 1. The van der Waals surface area contributed by atoms with E-state index in [9.17, 15) is 10.2 Å². The van der Waals surface area contributed by atoms with E-state index in [-0.39, 0.29) is 6.61 Å². The van der Waals surface area contributed by atoms with E-state index in [2.05, 4.69) is 10.3 Å². The molecule has 0 saturated carbocycles. The molecular formula is C8H14N2O4. The van der Waals surface area contributed by atoms with Gasteiger partial charge in [0.15, 0.2) is 6.23 Å². The lowest BCUT2D eigenvalue weighted by atomic mass is 9.97. The van der Waals surface area contributed by atoms with E-state index in [4.69, 9.17) is 9.84 Å². The highest BCUT2D eigenvalue weighted by atomic mass is 16.5. The van der Waals surface area contributed by atoms with Crippen molar-refractivity contribution in [3.05, 3.63) is 0 Å². The van der Waals surface area contributed by atoms with Gasteiger partial charge >= 0.3 is 0 Å². The third-order valence-electron chi connectivity index (χ3n) is 2.60. The highest BCUT2D eigenvalue weighted by Crippen LogP contribution is 2.24. The Bertz CT molecular complexity index is 258. The van der Waals surface area contributed by atoms with Crippen molar-refractivity contribution in [1.29, 1.82) is 0 Å². The number of fused-ring (bicyclic) bond motifs is 1. The first-order valence-corrected chi connectivity index (χ1v) is 4.57. The van der Waals surface area contributed by atoms with E-state index >= 15 is 0 Å². The lowest BCUT2D eigenvalue weighted by Crippen LogP contribution is -2.60. The van der Waals surface area contributed by atoms with Crippen LogP contribution in [0.1, 0.15) is 6.92 Å². The summed E-state index contributed by atoms with van der Waals surface area (Å²) in [5.74, 6) is 0.671. The van der Waals surface area contributed by atoms with Gasteiger partial charge in [0.25, 0.3) is 0 Å². The number of rotatable bonds is 1. The van der Waals surface area contributed by atoms with Gasteiger partial charge in [0.1, 0.15) is 24.4 Å². The van der Waals surface area contributed by atoms with Gasteiger partial charge < -0.3 is 25.4 Å². The lowest BCUT2D eigenvalue weighted by Gasteiger charge is -2.38. The van der Waals surface area contributed by atoms with E-state index in [1.54, 1.807) is 6.92 Å². The van der Waals surface area contributed by atoms with Gasteiger partial charge in [-0.2, -0.15) is 0 Å². The number of nitrogens with one attached hydrogen (secondary N) is 1. The number of hydrogen-bond donors (Lipinski definition) is 4. The Morgan fingerprint density at radius 2 is 2.14 bits per heavy atom. The molecule has 0 aromatic carbocycles. The molecule has 0 spiro atoms. The van der Waals surface area contributed by atoms with Crippen molar-refractivity contribution in [2.45, 2.75) is 37.5 Å². The molecule has 6 heteroatoms. The van der Waals surface area contributed by atoms with Gasteiger partial charge in [-0.15, -0.1) is 0 Å². The molecule has 4 N–H and O–H groups in total. The van der Waals surface area contributed by atoms with Crippen LogP contribution < -0.4 is 5.32 Å². The monoisotopic (exact) mass is 202 g/mol. The molecule has 0 amide bonds. The molecule has 2 aliphatic rings. The van der Waals surface area contributed by atoms with Crippen molar-refractivity contribution < 1.29 is 20.1 Å². The van der Waals surface area contributed by atoms with Gasteiger partial charge in [-0.25, -0.2) is 4.99 Å². The third kappa shape index (κ3) is 1.40. The van der Waals surface area contributed by atoms with Crippen LogP contribution in [0.25, 0.3) is 0 Å². The second kappa shape index (κ2) is 3.47. The van der Waals surface area contributed by atoms with Crippen LogP contribution in [0.3, 0.4) is 0 Å². The zero-order valence-corrected chi connectivity index (χ0v) is 7.79. The Hall–Kier alpha value is -0.690. The molecule has 80 valence electrons. The highest BCUT2D eigenvalue weighted by molar-refractivity contribution is 5.81. The zero-order chi connectivity index (χ0) is 10.3. The van der Waals surface area contributed by atoms with E-state index < -0.39 is 30.6 Å². The Balaban J connectivity index is 2.14. The second-order valence-corrected chi connectivity index (χ2v) is 3.61. The molecular weight excluding hydrogens is 188 g/mol. The van der Waals surface area contributed by atoms with Crippen LogP contribution in [0, 0.1) is 0 Å². The molecule has 1 fully saturated rings. The Morgan fingerprint density at radius 3 is 2.79 bits per heavy atom. The molecule has 1 saturated heterocycles. The van der Waals surface area contributed by atoms with Crippen LogP contribution in [0.4, 0.5) is 0 Å². The molecule has 0 aliphatic carbocycles. The number of ether oxygens (including phenoxy) is 1. The fraction of sp³-hybridized carbons (Fsp3) is 0.875. The molecule has 2 aliphatic heterocycles. The predicted octanol–water partition coefficient (Wildman–Crippen LogP) is -2.18. The molecule has 0 unspecified atom stereocenters. The Labute approximate surface area is 81.2 Å². The topological polar surface area (TPSA) is 94.3 Å². The fourth-order valence-electron chi connectivity index (χ4n) is 1.83. The summed E-state index contributed by atoms with van der Waals surface area (Å²) in [7, 11) is 0.